The maximum atomic E-state index is 11.9. The molecule has 0 spiro atoms. The lowest BCUT2D eigenvalue weighted by Gasteiger charge is -2.11. The molecule has 19 heavy (non-hydrogen) atoms. The second-order valence-electron chi connectivity index (χ2n) is 4.47. The number of carbonyl (C=O) groups excluding carboxylic acids is 1. The van der Waals surface area contributed by atoms with Gasteiger partial charge in [-0.2, -0.15) is 0 Å². The Morgan fingerprint density at radius 1 is 1.42 bits per heavy atom. The number of anilines is 1. The van der Waals surface area contributed by atoms with E-state index in [0.29, 0.717) is 13.2 Å². The second kappa shape index (κ2) is 8.15. The first-order valence-corrected chi connectivity index (χ1v) is 6.50. The van der Waals surface area contributed by atoms with Crippen molar-refractivity contribution in [3.63, 3.8) is 0 Å². The molecular weight excluding hydrogens is 264 g/mol. The molecule has 0 aromatic heterocycles. The topological polar surface area (TPSA) is 50.4 Å². The molecule has 0 saturated carbocycles. The van der Waals surface area contributed by atoms with Crippen molar-refractivity contribution < 1.29 is 9.53 Å². The van der Waals surface area contributed by atoms with Crippen molar-refractivity contribution in [3.05, 3.63) is 29.8 Å². The lowest BCUT2D eigenvalue weighted by molar-refractivity contribution is -0.117. The predicted octanol–water partition coefficient (Wildman–Crippen LogP) is 2.34. The summed E-state index contributed by atoms with van der Waals surface area (Å²) in [5.74, 6) is 0.0602. The normalized spacial score (nSPS) is 17.8. The van der Waals surface area contributed by atoms with E-state index in [0.717, 1.165) is 30.6 Å². The molecule has 4 nitrogen and oxygen atoms in total. The fourth-order valence-corrected chi connectivity index (χ4v) is 2.04. The van der Waals surface area contributed by atoms with Crippen molar-refractivity contribution in [2.75, 3.05) is 18.5 Å². The monoisotopic (exact) mass is 284 g/mol. The zero-order valence-corrected chi connectivity index (χ0v) is 12.0. The van der Waals surface area contributed by atoms with E-state index in [-0.39, 0.29) is 24.4 Å². The van der Waals surface area contributed by atoms with Gasteiger partial charge in [0.2, 0.25) is 5.91 Å². The van der Waals surface area contributed by atoms with Gasteiger partial charge < -0.3 is 15.4 Å². The molecule has 1 aliphatic heterocycles. The molecule has 5 heteroatoms. The van der Waals surface area contributed by atoms with Crippen molar-refractivity contribution >= 4 is 24.0 Å². The Morgan fingerprint density at radius 2 is 2.16 bits per heavy atom. The quantitative estimate of drug-likeness (QED) is 0.872. The van der Waals surface area contributed by atoms with Crippen molar-refractivity contribution in [2.45, 2.75) is 32.4 Å². The third-order valence-corrected chi connectivity index (χ3v) is 3.07. The fraction of sp³-hybridized carbons (Fsp3) is 0.500. The molecular formula is C14H21ClN2O2. The Balaban J connectivity index is 0.00000180. The summed E-state index contributed by atoms with van der Waals surface area (Å²) < 4.78 is 5.32. The van der Waals surface area contributed by atoms with Crippen molar-refractivity contribution in [2.24, 2.45) is 0 Å². The van der Waals surface area contributed by atoms with Crippen LogP contribution >= 0.6 is 12.4 Å². The smallest absolute Gasteiger partial charge is 0.241 e. The van der Waals surface area contributed by atoms with E-state index in [1.807, 2.05) is 31.2 Å². The van der Waals surface area contributed by atoms with Crippen LogP contribution in [0.25, 0.3) is 0 Å². The van der Waals surface area contributed by atoms with Gasteiger partial charge in [0.1, 0.15) is 0 Å². The Hall–Kier alpha value is -1.10. The van der Waals surface area contributed by atoms with E-state index in [2.05, 4.69) is 10.6 Å². The lowest BCUT2D eigenvalue weighted by Crippen LogP contribution is -2.35. The Morgan fingerprint density at radius 3 is 2.74 bits per heavy atom. The van der Waals surface area contributed by atoms with Crippen LogP contribution in [0.4, 0.5) is 5.69 Å². The summed E-state index contributed by atoms with van der Waals surface area (Å²) in [7, 11) is 0. The van der Waals surface area contributed by atoms with Crippen LogP contribution in [0.15, 0.2) is 24.3 Å². The average Bonchev–Trinajstić information content (AvgIpc) is 2.92. The molecule has 0 radical (unpaired) electrons. The van der Waals surface area contributed by atoms with E-state index >= 15 is 0 Å². The van der Waals surface area contributed by atoms with Gasteiger partial charge in [0.05, 0.1) is 12.6 Å². The van der Waals surface area contributed by atoms with E-state index < -0.39 is 0 Å². The van der Waals surface area contributed by atoms with Crippen LogP contribution in [-0.4, -0.2) is 25.1 Å². The van der Waals surface area contributed by atoms with Crippen molar-refractivity contribution in [3.8, 4) is 0 Å². The Kier molecular flexibility index (Phi) is 6.84. The van der Waals surface area contributed by atoms with Crippen molar-refractivity contribution in [1.29, 1.82) is 0 Å². The minimum absolute atomic E-state index is 0. The van der Waals surface area contributed by atoms with Gasteiger partial charge in [0, 0.05) is 12.3 Å². The highest BCUT2D eigenvalue weighted by Gasteiger charge is 2.21. The zero-order valence-electron chi connectivity index (χ0n) is 11.1. The van der Waals surface area contributed by atoms with Crippen LogP contribution in [0.5, 0.6) is 0 Å². The Bertz CT molecular complexity index is 389. The first-order valence-electron chi connectivity index (χ1n) is 6.50. The third-order valence-electron chi connectivity index (χ3n) is 3.07. The molecule has 2 rings (SSSR count). The summed E-state index contributed by atoms with van der Waals surface area (Å²) in [4.78, 5) is 11.9. The van der Waals surface area contributed by atoms with Crippen LogP contribution < -0.4 is 10.6 Å². The number of hydrogen-bond acceptors (Lipinski definition) is 3. The average molecular weight is 285 g/mol. The molecule has 1 unspecified atom stereocenters. The fourth-order valence-electron chi connectivity index (χ4n) is 2.04. The minimum atomic E-state index is -0.0342. The van der Waals surface area contributed by atoms with E-state index in [9.17, 15) is 4.79 Å². The van der Waals surface area contributed by atoms with Gasteiger partial charge in [-0.25, -0.2) is 0 Å². The third kappa shape index (κ3) is 4.82. The maximum Gasteiger partial charge on any atom is 0.241 e. The lowest BCUT2D eigenvalue weighted by atomic mass is 10.2. The predicted molar refractivity (Wildman–Crippen MR) is 78.7 cm³/mol. The Labute approximate surface area is 120 Å². The van der Waals surface area contributed by atoms with Crippen LogP contribution in [0.1, 0.15) is 25.3 Å². The highest BCUT2D eigenvalue weighted by atomic mass is 35.5. The van der Waals surface area contributed by atoms with E-state index in [1.54, 1.807) is 0 Å². The number of halogens is 1. The van der Waals surface area contributed by atoms with Gasteiger partial charge in [0.15, 0.2) is 0 Å². The number of ether oxygens (including phenoxy) is 1. The molecule has 0 aliphatic carbocycles. The first-order chi connectivity index (χ1) is 8.79. The number of carbonyl (C=O) groups is 1. The van der Waals surface area contributed by atoms with Crippen LogP contribution in [0, 0.1) is 0 Å². The van der Waals surface area contributed by atoms with Gasteiger partial charge in [-0.15, -0.1) is 12.4 Å². The summed E-state index contributed by atoms with van der Waals surface area (Å²) in [6, 6.07) is 7.76. The van der Waals surface area contributed by atoms with Gasteiger partial charge in [-0.05, 0) is 44.0 Å². The van der Waals surface area contributed by atoms with Gasteiger partial charge in [-0.1, -0.05) is 12.1 Å². The second-order valence-corrected chi connectivity index (χ2v) is 4.47. The summed E-state index contributed by atoms with van der Waals surface area (Å²) in [5.41, 5.74) is 1.96. The number of amides is 1. The molecule has 1 aliphatic rings. The van der Waals surface area contributed by atoms with Gasteiger partial charge in [-0.3, -0.25) is 4.79 Å². The minimum Gasteiger partial charge on any atom is -0.377 e. The van der Waals surface area contributed by atoms with Gasteiger partial charge in [0.25, 0.3) is 0 Å². The maximum absolute atomic E-state index is 11.9. The number of hydrogen-bond donors (Lipinski definition) is 2. The SMILES string of the molecule is CCOCc1ccc(NC(=O)C2CCCN2)cc1.Cl. The van der Waals surface area contributed by atoms with E-state index in [1.165, 1.54) is 0 Å². The van der Waals surface area contributed by atoms with Crippen LogP contribution in [0.2, 0.25) is 0 Å². The number of rotatable bonds is 5. The summed E-state index contributed by atoms with van der Waals surface area (Å²) in [6.45, 7) is 4.25. The first kappa shape index (κ1) is 16.0. The standard InChI is InChI=1S/C14H20N2O2.ClH/c1-2-18-10-11-5-7-12(8-6-11)16-14(17)13-4-3-9-15-13;/h5-8,13,15H,2-4,9-10H2,1H3,(H,16,17);1H. The highest BCUT2D eigenvalue weighted by Crippen LogP contribution is 2.13. The molecule has 1 amide bonds. The highest BCUT2D eigenvalue weighted by molar-refractivity contribution is 5.95. The van der Waals surface area contributed by atoms with Crippen LogP contribution in [-0.2, 0) is 16.1 Å². The van der Waals surface area contributed by atoms with Crippen molar-refractivity contribution in [1.82, 2.24) is 5.32 Å². The largest absolute Gasteiger partial charge is 0.377 e. The molecule has 1 saturated heterocycles. The molecule has 0 bridgehead atoms. The zero-order chi connectivity index (χ0) is 12.8. The molecule has 1 aromatic rings. The molecule has 106 valence electrons. The summed E-state index contributed by atoms with van der Waals surface area (Å²) in [5, 5.41) is 6.11. The van der Waals surface area contributed by atoms with Gasteiger partial charge >= 0.3 is 0 Å². The molecule has 1 aromatic carbocycles. The molecule has 1 heterocycles. The number of nitrogens with one attached hydrogen (secondary N) is 2. The summed E-state index contributed by atoms with van der Waals surface area (Å²) >= 11 is 0. The molecule has 1 atom stereocenters. The summed E-state index contributed by atoms with van der Waals surface area (Å²) in [6.07, 6.45) is 2.00. The molecule has 2 N–H and O–H groups in total. The van der Waals surface area contributed by atoms with E-state index in [4.69, 9.17) is 4.74 Å². The molecule has 1 fully saturated rings. The number of benzene rings is 1. The van der Waals surface area contributed by atoms with Crippen LogP contribution in [0.3, 0.4) is 0 Å².